The van der Waals surface area contributed by atoms with Gasteiger partial charge in [0, 0.05) is 18.7 Å². The molecule has 2 heterocycles. The van der Waals surface area contributed by atoms with Gasteiger partial charge in [-0.15, -0.1) is 11.3 Å². The third kappa shape index (κ3) is 1.65. The molecule has 77 valence electrons. The van der Waals surface area contributed by atoms with E-state index >= 15 is 0 Å². The zero-order chi connectivity index (χ0) is 10.1. The fourth-order valence-electron chi connectivity index (χ4n) is 1.88. The second kappa shape index (κ2) is 3.89. The zero-order valence-electron chi connectivity index (χ0n) is 8.19. The van der Waals surface area contributed by atoms with Crippen molar-refractivity contribution in [2.24, 2.45) is 0 Å². The van der Waals surface area contributed by atoms with Gasteiger partial charge in [0.25, 0.3) is 0 Å². The van der Waals surface area contributed by atoms with Crippen molar-refractivity contribution in [1.29, 1.82) is 0 Å². The first-order chi connectivity index (χ1) is 7.45. The monoisotopic (exact) mass is 219 g/mol. The molecule has 0 saturated carbocycles. The highest BCUT2D eigenvalue weighted by Crippen LogP contribution is 2.27. The van der Waals surface area contributed by atoms with Crippen LogP contribution in [0.1, 0.15) is 11.7 Å². The molecule has 1 aliphatic rings. The van der Waals surface area contributed by atoms with Crippen LogP contribution in [-0.2, 0) is 4.74 Å². The van der Waals surface area contributed by atoms with Gasteiger partial charge in [0.15, 0.2) is 5.51 Å². The van der Waals surface area contributed by atoms with Crippen molar-refractivity contribution in [1.82, 2.24) is 10.3 Å². The molecule has 15 heavy (non-hydrogen) atoms. The number of para-hydroxylation sites is 1. The summed E-state index contributed by atoms with van der Waals surface area (Å²) < 4.78 is 6.91. The molecular formula is C11H11N2OS. The highest BCUT2D eigenvalue weighted by molar-refractivity contribution is 7.16. The van der Waals surface area contributed by atoms with Crippen LogP contribution >= 0.6 is 11.3 Å². The molecule has 1 radical (unpaired) electrons. The number of morpholine rings is 1. The van der Waals surface area contributed by atoms with Crippen LogP contribution in [0.15, 0.2) is 18.2 Å². The minimum absolute atomic E-state index is 0.137. The lowest BCUT2D eigenvalue weighted by Crippen LogP contribution is -2.33. The summed E-state index contributed by atoms with van der Waals surface area (Å²) in [6, 6.07) is 6.22. The van der Waals surface area contributed by atoms with Gasteiger partial charge in [-0.05, 0) is 6.07 Å². The first-order valence-corrected chi connectivity index (χ1v) is 5.84. The van der Waals surface area contributed by atoms with Crippen molar-refractivity contribution in [3.8, 4) is 0 Å². The van der Waals surface area contributed by atoms with Crippen molar-refractivity contribution >= 4 is 21.6 Å². The number of fused-ring (bicyclic) bond motifs is 1. The lowest BCUT2D eigenvalue weighted by Gasteiger charge is -2.24. The largest absolute Gasteiger partial charge is 0.371 e. The van der Waals surface area contributed by atoms with Crippen molar-refractivity contribution in [2.75, 3.05) is 19.7 Å². The molecule has 0 aliphatic carbocycles. The molecule has 1 aliphatic heterocycles. The molecule has 1 aromatic heterocycles. The Morgan fingerprint density at radius 3 is 3.40 bits per heavy atom. The molecule has 1 N–H and O–H groups in total. The van der Waals surface area contributed by atoms with Gasteiger partial charge in [0.1, 0.15) is 0 Å². The Hall–Kier alpha value is -0.970. The molecule has 3 rings (SSSR count). The highest BCUT2D eigenvalue weighted by atomic mass is 32.1. The lowest BCUT2D eigenvalue weighted by molar-refractivity contribution is 0.0285. The van der Waals surface area contributed by atoms with Gasteiger partial charge >= 0.3 is 0 Å². The van der Waals surface area contributed by atoms with Crippen LogP contribution in [0.25, 0.3) is 10.2 Å². The Balaban J connectivity index is 2.05. The van der Waals surface area contributed by atoms with Crippen LogP contribution in [0, 0.1) is 5.51 Å². The third-order valence-corrected chi connectivity index (χ3v) is 3.35. The minimum atomic E-state index is 0.137. The Bertz CT molecular complexity index is 462. The van der Waals surface area contributed by atoms with Crippen molar-refractivity contribution in [3.05, 3.63) is 29.3 Å². The van der Waals surface area contributed by atoms with Crippen LogP contribution < -0.4 is 5.32 Å². The molecule has 1 unspecified atom stereocenters. The first kappa shape index (κ1) is 9.27. The molecule has 3 nitrogen and oxygen atoms in total. The van der Waals surface area contributed by atoms with Gasteiger partial charge in [-0.1, -0.05) is 12.1 Å². The predicted octanol–water partition coefficient (Wildman–Crippen LogP) is 1.76. The van der Waals surface area contributed by atoms with Crippen LogP contribution in [0.2, 0.25) is 0 Å². The van der Waals surface area contributed by atoms with E-state index in [4.69, 9.17) is 4.74 Å². The van der Waals surface area contributed by atoms with Crippen LogP contribution in [-0.4, -0.2) is 24.7 Å². The lowest BCUT2D eigenvalue weighted by atomic mass is 10.1. The second-order valence-electron chi connectivity index (χ2n) is 3.56. The van der Waals surface area contributed by atoms with Crippen LogP contribution in [0.5, 0.6) is 0 Å². The quantitative estimate of drug-likeness (QED) is 0.793. The van der Waals surface area contributed by atoms with Gasteiger partial charge in [-0.2, -0.15) is 0 Å². The maximum absolute atomic E-state index is 5.73. The number of hydrogen-bond acceptors (Lipinski definition) is 4. The van der Waals surface area contributed by atoms with E-state index in [-0.39, 0.29) is 6.10 Å². The summed E-state index contributed by atoms with van der Waals surface area (Å²) in [6.07, 6.45) is 0.137. The van der Waals surface area contributed by atoms with E-state index in [1.165, 1.54) is 10.3 Å². The molecule has 1 saturated heterocycles. The highest BCUT2D eigenvalue weighted by Gasteiger charge is 2.18. The summed E-state index contributed by atoms with van der Waals surface area (Å²) >= 11 is 1.55. The van der Waals surface area contributed by atoms with E-state index in [0.717, 1.165) is 25.2 Å². The summed E-state index contributed by atoms with van der Waals surface area (Å²) in [5.74, 6) is 0. The van der Waals surface area contributed by atoms with E-state index in [2.05, 4.69) is 34.0 Å². The fraction of sp³-hybridized carbons (Fsp3) is 0.364. The van der Waals surface area contributed by atoms with Crippen molar-refractivity contribution in [3.63, 3.8) is 0 Å². The van der Waals surface area contributed by atoms with E-state index in [0.29, 0.717) is 0 Å². The standard InChI is InChI=1S/C11H11N2OS/c1-2-8(9-6-12-4-5-14-9)11-10(3-1)15-7-13-11/h1-3,9,12H,4-6H2. The van der Waals surface area contributed by atoms with E-state index < -0.39 is 0 Å². The van der Waals surface area contributed by atoms with Crippen LogP contribution in [0.4, 0.5) is 0 Å². The molecule has 2 aromatic rings. The van der Waals surface area contributed by atoms with Gasteiger partial charge in [-0.3, -0.25) is 0 Å². The normalized spacial score (nSPS) is 22.0. The van der Waals surface area contributed by atoms with Gasteiger partial charge < -0.3 is 10.1 Å². The maximum atomic E-state index is 5.73. The summed E-state index contributed by atoms with van der Waals surface area (Å²) in [4.78, 5) is 4.28. The second-order valence-corrected chi connectivity index (χ2v) is 4.39. The average molecular weight is 219 g/mol. The molecule has 0 spiro atoms. The molecule has 0 amide bonds. The summed E-state index contributed by atoms with van der Waals surface area (Å²) in [5.41, 5.74) is 5.15. The van der Waals surface area contributed by atoms with Crippen LogP contribution in [0.3, 0.4) is 0 Å². The Morgan fingerprint density at radius 2 is 2.53 bits per heavy atom. The number of benzene rings is 1. The topological polar surface area (TPSA) is 34.2 Å². The van der Waals surface area contributed by atoms with E-state index in [1.54, 1.807) is 11.3 Å². The summed E-state index contributed by atoms with van der Waals surface area (Å²) in [6.45, 7) is 2.58. The SMILES string of the molecule is [c]1nc2c(C3CNCCO3)cccc2s1. The number of aromatic nitrogens is 1. The number of thiazole rings is 1. The van der Waals surface area contributed by atoms with Crippen molar-refractivity contribution in [2.45, 2.75) is 6.10 Å². The fourth-order valence-corrected chi connectivity index (χ4v) is 2.53. The molecule has 0 bridgehead atoms. The summed E-state index contributed by atoms with van der Waals surface area (Å²) in [5, 5.41) is 3.33. The molecule has 1 atom stereocenters. The maximum Gasteiger partial charge on any atom is 0.153 e. The number of ether oxygens (including phenoxy) is 1. The number of rotatable bonds is 1. The Morgan fingerprint density at radius 1 is 1.53 bits per heavy atom. The van der Waals surface area contributed by atoms with E-state index in [1.807, 2.05) is 0 Å². The third-order valence-electron chi connectivity index (χ3n) is 2.62. The minimum Gasteiger partial charge on any atom is -0.371 e. The molecular weight excluding hydrogens is 208 g/mol. The van der Waals surface area contributed by atoms with Gasteiger partial charge in [0.05, 0.1) is 22.9 Å². The Labute approximate surface area is 92.1 Å². The molecule has 4 heteroatoms. The number of hydrogen-bond donors (Lipinski definition) is 1. The van der Waals surface area contributed by atoms with Gasteiger partial charge in [0.2, 0.25) is 0 Å². The van der Waals surface area contributed by atoms with E-state index in [9.17, 15) is 0 Å². The zero-order valence-corrected chi connectivity index (χ0v) is 9.01. The van der Waals surface area contributed by atoms with Gasteiger partial charge in [-0.25, -0.2) is 4.98 Å². The Kier molecular flexibility index (Phi) is 2.40. The number of nitrogens with zero attached hydrogens (tertiary/aromatic N) is 1. The smallest absolute Gasteiger partial charge is 0.153 e. The van der Waals surface area contributed by atoms with Crippen molar-refractivity contribution < 1.29 is 4.74 Å². The first-order valence-electron chi connectivity index (χ1n) is 5.03. The molecule has 1 fully saturated rings. The average Bonchev–Trinajstić information content (AvgIpc) is 2.78. The molecule has 1 aromatic carbocycles. The summed E-state index contributed by atoms with van der Waals surface area (Å²) in [7, 11) is 0. The number of nitrogens with one attached hydrogen (secondary N) is 1. The predicted molar refractivity (Wildman–Crippen MR) is 60.0 cm³/mol.